The van der Waals surface area contributed by atoms with Gasteiger partial charge in [-0.15, -0.1) is 0 Å². The van der Waals surface area contributed by atoms with E-state index in [2.05, 4.69) is 5.32 Å². The summed E-state index contributed by atoms with van der Waals surface area (Å²) < 4.78 is 43.4. The molecule has 0 unspecified atom stereocenters. The number of para-hydroxylation sites is 2. The number of methoxy groups -OCH3 is 1. The first-order valence-electron chi connectivity index (χ1n) is 10.7. The number of sulfonamides is 1. The third-order valence-corrected chi connectivity index (χ3v) is 7.10. The molecule has 0 spiro atoms. The Morgan fingerprint density at radius 1 is 1.03 bits per heavy atom. The van der Waals surface area contributed by atoms with Gasteiger partial charge < -0.3 is 19.5 Å². The van der Waals surface area contributed by atoms with E-state index in [9.17, 15) is 13.2 Å². The van der Waals surface area contributed by atoms with E-state index in [1.807, 2.05) is 6.07 Å². The van der Waals surface area contributed by atoms with E-state index in [1.165, 1.54) is 4.31 Å². The fourth-order valence-electron chi connectivity index (χ4n) is 3.41. The molecular weight excluding hydrogens is 432 g/mol. The molecule has 1 fully saturated rings. The molecule has 1 N–H and O–H groups in total. The molecule has 32 heavy (non-hydrogen) atoms. The summed E-state index contributed by atoms with van der Waals surface area (Å²) in [5.41, 5.74) is 0. The van der Waals surface area contributed by atoms with Crippen molar-refractivity contribution in [1.29, 1.82) is 0 Å². The molecule has 9 heteroatoms. The van der Waals surface area contributed by atoms with Gasteiger partial charge in [0.15, 0.2) is 17.6 Å². The van der Waals surface area contributed by atoms with E-state index in [1.54, 1.807) is 56.5 Å². The molecule has 0 aliphatic carbocycles. The lowest BCUT2D eigenvalue weighted by Crippen LogP contribution is -2.38. The van der Waals surface area contributed by atoms with Crippen LogP contribution < -0.4 is 19.5 Å². The van der Waals surface area contributed by atoms with Crippen LogP contribution in [0.2, 0.25) is 0 Å². The summed E-state index contributed by atoms with van der Waals surface area (Å²) in [5.74, 6) is 1.31. The quantitative estimate of drug-likeness (QED) is 0.546. The first-order chi connectivity index (χ1) is 15.4. The first-order valence-corrected chi connectivity index (χ1v) is 12.2. The van der Waals surface area contributed by atoms with Crippen molar-refractivity contribution in [1.82, 2.24) is 9.62 Å². The summed E-state index contributed by atoms with van der Waals surface area (Å²) in [6.45, 7) is 3.32. The lowest BCUT2D eigenvalue weighted by Gasteiger charge is -2.25. The van der Waals surface area contributed by atoms with Crippen molar-refractivity contribution in [2.75, 3.05) is 33.4 Å². The SMILES string of the molecule is COc1ccccc1O[C@@H](C)C(=O)NCCOc1ccc(S(=O)(=O)N2CCCCC2)cc1. The van der Waals surface area contributed by atoms with E-state index in [4.69, 9.17) is 14.2 Å². The predicted octanol–water partition coefficient (Wildman–Crippen LogP) is 2.83. The minimum atomic E-state index is -3.46. The van der Waals surface area contributed by atoms with E-state index in [-0.39, 0.29) is 24.0 Å². The maximum absolute atomic E-state index is 12.7. The van der Waals surface area contributed by atoms with Crippen molar-refractivity contribution in [3.8, 4) is 17.2 Å². The van der Waals surface area contributed by atoms with E-state index in [0.717, 1.165) is 19.3 Å². The van der Waals surface area contributed by atoms with Gasteiger partial charge in [0.25, 0.3) is 5.91 Å². The third kappa shape index (κ3) is 6.14. The zero-order valence-corrected chi connectivity index (χ0v) is 19.3. The number of carbonyl (C=O) groups excluding carboxylic acids is 1. The summed E-state index contributed by atoms with van der Waals surface area (Å²) in [6, 6.07) is 13.5. The van der Waals surface area contributed by atoms with Crippen LogP contribution >= 0.6 is 0 Å². The van der Waals surface area contributed by atoms with Crippen molar-refractivity contribution < 1.29 is 27.4 Å². The zero-order chi connectivity index (χ0) is 23.0. The second kappa shape index (κ2) is 11.2. The number of hydrogen-bond donors (Lipinski definition) is 1. The minimum absolute atomic E-state index is 0.241. The summed E-state index contributed by atoms with van der Waals surface area (Å²) in [4.78, 5) is 12.5. The highest BCUT2D eigenvalue weighted by molar-refractivity contribution is 7.89. The molecule has 1 amide bonds. The molecule has 174 valence electrons. The van der Waals surface area contributed by atoms with Crippen LogP contribution in [-0.2, 0) is 14.8 Å². The highest BCUT2D eigenvalue weighted by Gasteiger charge is 2.25. The first kappa shape index (κ1) is 23.9. The van der Waals surface area contributed by atoms with Crippen LogP contribution in [0.4, 0.5) is 0 Å². The van der Waals surface area contributed by atoms with E-state index >= 15 is 0 Å². The molecule has 0 aromatic heterocycles. The Morgan fingerprint density at radius 3 is 2.34 bits per heavy atom. The molecule has 3 rings (SSSR count). The van der Waals surface area contributed by atoms with Crippen LogP contribution in [0.25, 0.3) is 0 Å². The molecule has 1 aliphatic rings. The van der Waals surface area contributed by atoms with Gasteiger partial charge in [-0.1, -0.05) is 18.6 Å². The van der Waals surface area contributed by atoms with Crippen LogP contribution in [0.15, 0.2) is 53.4 Å². The summed E-state index contributed by atoms with van der Waals surface area (Å²) >= 11 is 0. The van der Waals surface area contributed by atoms with Gasteiger partial charge in [0.05, 0.1) is 18.6 Å². The maximum Gasteiger partial charge on any atom is 0.260 e. The van der Waals surface area contributed by atoms with Gasteiger partial charge in [0, 0.05) is 13.1 Å². The van der Waals surface area contributed by atoms with Crippen molar-refractivity contribution in [2.45, 2.75) is 37.2 Å². The lowest BCUT2D eigenvalue weighted by atomic mass is 10.2. The molecule has 1 heterocycles. The molecule has 0 radical (unpaired) electrons. The molecule has 2 aromatic rings. The number of nitrogens with zero attached hydrogens (tertiary/aromatic N) is 1. The number of piperidine rings is 1. The number of nitrogens with one attached hydrogen (secondary N) is 1. The number of ether oxygens (including phenoxy) is 3. The highest BCUT2D eigenvalue weighted by atomic mass is 32.2. The largest absolute Gasteiger partial charge is 0.493 e. The summed E-state index contributed by atoms with van der Waals surface area (Å²) in [5, 5.41) is 2.76. The molecule has 8 nitrogen and oxygen atoms in total. The monoisotopic (exact) mass is 462 g/mol. The zero-order valence-electron chi connectivity index (χ0n) is 18.5. The Kier molecular flexibility index (Phi) is 8.35. The van der Waals surface area contributed by atoms with Crippen LogP contribution in [0.1, 0.15) is 26.2 Å². The smallest absolute Gasteiger partial charge is 0.260 e. The van der Waals surface area contributed by atoms with Crippen LogP contribution in [0, 0.1) is 0 Å². The second-order valence-electron chi connectivity index (χ2n) is 7.49. The lowest BCUT2D eigenvalue weighted by molar-refractivity contribution is -0.127. The van der Waals surface area contributed by atoms with Crippen molar-refractivity contribution in [3.63, 3.8) is 0 Å². The number of benzene rings is 2. The molecule has 2 aromatic carbocycles. The number of rotatable bonds is 10. The number of carbonyl (C=O) groups is 1. The molecule has 0 saturated carbocycles. The summed E-state index contributed by atoms with van der Waals surface area (Å²) in [7, 11) is -1.92. The standard InChI is InChI=1S/C23H30N2O6S/c1-18(31-22-9-5-4-8-21(22)29-2)23(26)24-14-17-30-19-10-12-20(13-11-19)32(27,28)25-15-6-3-7-16-25/h4-5,8-13,18H,3,6-7,14-17H2,1-2H3,(H,24,26)/t18-/m0/s1. The van der Waals surface area contributed by atoms with Gasteiger partial charge in [0.2, 0.25) is 10.0 Å². The fraction of sp³-hybridized carbons (Fsp3) is 0.435. The minimum Gasteiger partial charge on any atom is -0.493 e. The average Bonchev–Trinajstić information content (AvgIpc) is 2.83. The Bertz CT molecular complexity index is 988. The molecule has 1 aliphatic heterocycles. The van der Waals surface area contributed by atoms with Crippen LogP contribution in [0.5, 0.6) is 17.2 Å². The topological polar surface area (TPSA) is 94.2 Å². The second-order valence-corrected chi connectivity index (χ2v) is 9.42. The average molecular weight is 463 g/mol. The van der Waals surface area contributed by atoms with Crippen molar-refractivity contribution >= 4 is 15.9 Å². The van der Waals surface area contributed by atoms with Gasteiger partial charge in [-0.3, -0.25) is 4.79 Å². The summed E-state index contributed by atoms with van der Waals surface area (Å²) in [6.07, 6.45) is 2.16. The van der Waals surface area contributed by atoms with Gasteiger partial charge >= 0.3 is 0 Å². The van der Waals surface area contributed by atoms with E-state index < -0.39 is 16.1 Å². The normalized spacial score (nSPS) is 15.6. The fourth-order valence-corrected chi connectivity index (χ4v) is 4.93. The molecule has 0 bridgehead atoms. The van der Waals surface area contributed by atoms with Gasteiger partial charge in [0.1, 0.15) is 12.4 Å². The van der Waals surface area contributed by atoms with E-state index in [0.29, 0.717) is 30.3 Å². The predicted molar refractivity (Wildman–Crippen MR) is 121 cm³/mol. The highest BCUT2D eigenvalue weighted by Crippen LogP contribution is 2.27. The Morgan fingerprint density at radius 2 is 1.69 bits per heavy atom. The van der Waals surface area contributed by atoms with Gasteiger partial charge in [-0.2, -0.15) is 4.31 Å². The third-order valence-electron chi connectivity index (χ3n) is 5.19. The van der Waals surface area contributed by atoms with Gasteiger partial charge in [-0.05, 0) is 56.2 Å². The molecule has 1 atom stereocenters. The Hall–Kier alpha value is -2.78. The van der Waals surface area contributed by atoms with Crippen LogP contribution in [0.3, 0.4) is 0 Å². The molecular formula is C23H30N2O6S. The Labute approximate surface area is 189 Å². The van der Waals surface area contributed by atoms with Crippen molar-refractivity contribution in [3.05, 3.63) is 48.5 Å². The molecule has 1 saturated heterocycles. The maximum atomic E-state index is 12.7. The van der Waals surface area contributed by atoms with Crippen molar-refractivity contribution in [2.24, 2.45) is 0 Å². The number of hydrogen-bond acceptors (Lipinski definition) is 6. The number of amides is 1. The van der Waals surface area contributed by atoms with Crippen LogP contribution in [-0.4, -0.2) is 58.1 Å². The Balaban J connectivity index is 1.43. The van der Waals surface area contributed by atoms with Gasteiger partial charge in [-0.25, -0.2) is 8.42 Å².